The lowest BCUT2D eigenvalue weighted by Gasteiger charge is -2.21. The Kier molecular flexibility index (Phi) is 5.30. The Morgan fingerprint density at radius 2 is 2.20 bits per heavy atom. The summed E-state index contributed by atoms with van der Waals surface area (Å²) < 4.78 is 0. The van der Waals surface area contributed by atoms with Gasteiger partial charge in [0.2, 0.25) is 5.91 Å². The number of nitrogens with two attached hydrogens (primary N) is 1. The molecule has 1 aromatic rings. The van der Waals surface area contributed by atoms with Gasteiger partial charge in [0.1, 0.15) is 0 Å². The molecule has 2 unspecified atom stereocenters. The van der Waals surface area contributed by atoms with Crippen LogP contribution < -0.4 is 5.73 Å². The van der Waals surface area contributed by atoms with Crippen LogP contribution in [-0.4, -0.2) is 29.9 Å². The molecule has 110 valence electrons. The van der Waals surface area contributed by atoms with Gasteiger partial charge in [0.05, 0.1) is 0 Å². The highest BCUT2D eigenvalue weighted by atomic mass is 35.5. The van der Waals surface area contributed by atoms with Gasteiger partial charge in [-0.1, -0.05) is 29.3 Å². The first-order valence-corrected chi connectivity index (χ1v) is 7.70. The lowest BCUT2D eigenvalue weighted by atomic mass is 10.1. The topological polar surface area (TPSA) is 46.3 Å². The van der Waals surface area contributed by atoms with E-state index in [9.17, 15) is 4.79 Å². The van der Waals surface area contributed by atoms with Gasteiger partial charge in [0.15, 0.2) is 0 Å². The van der Waals surface area contributed by atoms with Crippen LogP contribution in [0.5, 0.6) is 0 Å². The minimum absolute atomic E-state index is 0.180. The lowest BCUT2D eigenvalue weighted by Crippen LogP contribution is -2.34. The van der Waals surface area contributed by atoms with Gasteiger partial charge < -0.3 is 10.6 Å². The molecule has 20 heavy (non-hydrogen) atoms. The number of nitrogens with zero attached hydrogens (tertiary/aromatic N) is 1. The molecular weight excluding hydrogens is 295 g/mol. The van der Waals surface area contributed by atoms with Crippen molar-refractivity contribution in [1.29, 1.82) is 0 Å². The predicted molar refractivity (Wildman–Crippen MR) is 83.1 cm³/mol. The first kappa shape index (κ1) is 15.6. The molecule has 0 radical (unpaired) electrons. The van der Waals surface area contributed by atoms with E-state index >= 15 is 0 Å². The summed E-state index contributed by atoms with van der Waals surface area (Å²) in [5.41, 5.74) is 6.65. The quantitative estimate of drug-likeness (QED) is 0.928. The molecule has 0 bridgehead atoms. The molecule has 1 amide bonds. The molecular formula is C15H20Cl2N2O. The maximum atomic E-state index is 12.3. The highest BCUT2D eigenvalue weighted by molar-refractivity contribution is 6.35. The molecule has 0 saturated carbocycles. The van der Waals surface area contributed by atoms with Gasteiger partial charge in [-0.05, 0) is 49.9 Å². The fraction of sp³-hybridized carbons (Fsp3) is 0.533. The van der Waals surface area contributed by atoms with Crippen LogP contribution in [-0.2, 0) is 11.2 Å². The van der Waals surface area contributed by atoms with Crippen LogP contribution in [0.3, 0.4) is 0 Å². The fourth-order valence-corrected chi connectivity index (χ4v) is 3.27. The van der Waals surface area contributed by atoms with Crippen LogP contribution >= 0.6 is 23.2 Å². The van der Waals surface area contributed by atoms with Crippen molar-refractivity contribution in [3.05, 3.63) is 33.8 Å². The number of halogens is 2. The largest absolute Gasteiger partial charge is 0.340 e. The zero-order valence-corrected chi connectivity index (χ0v) is 13.1. The van der Waals surface area contributed by atoms with Crippen LogP contribution in [0.2, 0.25) is 10.0 Å². The van der Waals surface area contributed by atoms with Crippen LogP contribution in [0.4, 0.5) is 0 Å². The standard InChI is InChI=1S/C15H20Cl2N2O/c1-10-6-11(8-18)9-19(10)15(20)5-3-12-2-4-13(16)7-14(12)17/h2,4,7,10-11H,3,5-6,8-9,18H2,1H3. The minimum Gasteiger partial charge on any atom is -0.340 e. The normalized spacial score (nSPS) is 22.3. The summed E-state index contributed by atoms with van der Waals surface area (Å²) in [5, 5.41) is 1.24. The smallest absolute Gasteiger partial charge is 0.223 e. The Morgan fingerprint density at radius 3 is 2.80 bits per heavy atom. The van der Waals surface area contributed by atoms with Crippen molar-refractivity contribution >= 4 is 29.1 Å². The van der Waals surface area contributed by atoms with E-state index in [0.29, 0.717) is 35.3 Å². The van der Waals surface area contributed by atoms with Crippen LogP contribution in [0, 0.1) is 5.92 Å². The monoisotopic (exact) mass is 314 g/mol. The average Bonchev–Trinajstić information content (AvgIpc) is 2.79. The number of benzene rings is 1. The molecule has 3 nitrogen and oxygen atoms in total. The van der Waals surface area contributed by atoms with E-state index in [2.05, 4.69) is 6.92 Å². The summed E-state index contributed by atoms with van der Waals surface area (Å²) in [6.45, 7) is 3.52. The molecule has 1 fully saturated rings. The number of hydrogen-bond acceptors (Lipinski definition) is 2. The number of hydrogen-bond donors (Lipinski definition) is 1. The van der Waals surface area contributed by atoms with Crippen molar-refractivity contribution < 1.29 is 4.79 Å². The van der Waals surface area contributed by atoms with E-state index in [1.165, 1.54) is 0 Å². The average molecular weight is 315 g/mol. The Labute approximate surface area is 130 Å². The van der Waals surface area contributed by atoms with Gasteiger partial charge in [-0.15, -0.1) is 0 Å². The van der Waals surface area contributed by atoms with Crippen molar-refractivity contribution in [3.63, 3.8) is 0 Å². The zero-order valence-electron chi connectivity index (χ0n) is 11.6. The Balaban J connectivity index is 1.92. The molecule has 2 N–H and O–H groups in total. The number of aryl methyl sites for hydroxylation is 1. The first-order valence-electron chi connectivity index (χ1n) is 6.94. The number of likely N-dealkylation sites (tertiary alicyclic amines) is 1. The third-order valence-electron chi connectivity index (χ3n) is 3.94. The molecule has 1 aliphatic heterocycles. The summed E-state index contributed by atoms with van der Waals surface area (Å²) in [4.78, 5) is 14.2. The molecule has 1 heterocycles. The number of carbonyl (C=O) groups excluding carboxylic acids is 1. The highest BCUT2D eigenvalue weighted by Crippen LogP contribution is 2.25. The Bertz CT molecular complexity index is 493. The maximum absolute atomic E-state index is 12.3. The molecule has 0 aromatic heterocycles. The zero-order chi connectivity index (χ0) is 14.7. The van der Waals surface area contributed by atoms with Gasteiger partial charge in [-0.2, -0.15) is 0 Å². The second-order valence-electron chi connectivity index (χ2n) is 5.47. The van der Waals surface area contributed by atoms with Crippen molar-refractivity contribution in [1.82, 2.24) is 4.90 Å². The van der Waals surface area contributed by atoms with E-state index in [-0.39, 0.29) is 11.9 Å². The van der Waals surface area contributed by atoms with Gasteiger partial charge in [0, 0.05) is 29.1 Å². The molecule has 1 aliphatic rings. The van der Waals surface area contributed by atoms with E-state index in [4.69, 9.17) is 28.9 Å². The Hall–Kier alpha value is -0.770. The van der Waals surface area contributed by atoms with Gasteiger partial charge in [-0.3, -0.25) is 4.79 Å². The predicted octanol–water partition coefficient (Wildman–Crippen LogP) is 3.12. The van der Waals surface area contributed by atoms with Crippen molar-refractivity contribution in [2.24, 2.45) is 11.7 Å². The second-order valence-corrected chi connectivity index (χ2v) is 6.31. The number of carbonyl (C=O) groups is 1. The third kappa shape index (κ3) is 3.66. The molecule has 5 heteroatoms. The van der Waals surface area contributed by atoms with Gasteiger partial charge >= 0.3 is 0 Å². The Morgan fingerprint density at radius 1 is 1.45 bits per heavy atom. The van der Waals surface area contributed by atoms with Crippen LogP contribution in [0.25, 0.3) is 0 Å². The van der Waals surface area contributed by atoms with E-state index in [1.54, 1.807) is 12.1 Å². The third-order valence-corrected chi connectivity index (χ3v) is 4.53. The van der Waals surface area contributed by atoms with Crippen molar-refractivity contribution in [3.8, 4) is 0 Å². The highest BCUT2D eigenvalue weighted by Gasteiger charge is 2.31. The van der Waals surface area contributed by atoms with Gasteiger partial charge in [-0.25, -0.2) is 0 Å². The number of amides is 1. The molecule has 0 aliphatic carbocycles. The second kappa shape index (κ2) is 6.79. The molecule has 1 saturated heterocycles. The summed E-state index contributed by atoms with van der Waals surface area (Å²) in [6, 6.07) is 5.69. The SMILES string of the molecule is CC1CC(CN)CN1C(=O)CCc1ccc(Cl)cc1Cl. The lowest BCUT2D eigenvalue weighted by molar-refractivity contribution is -0.131. The number of rotatable bonds is 4. The molecule has 1 aromatic carbocycles. The fourth-order valence-electron chi connectivity index (χ4n) is 2.77. The van der Waals surface area contributed by atoms with Crippen molar-refractivity contribution in [2.45, 2.75) is 32.2 Å². The summed E-state index contributed by atoms with van der Waals surface area (Å²) in [6.07, 6.45) is 2.12. The van der Waals surface area contributed by atoms with E-state index < -0.39 is 0 Å². The van der Waals surface area contributed by atoms with Crippen molar-refractivity contribution in [2.75, 3.05) is 13.1 Å². The summed E-state index contributed by atoms with van der Waals surface area (Å²) in [7, 11) is 0. The van der Waals surface area contributed by atoms with Gasteiger partial charge in [0.25, 0.3) is 0 Å². The molecule has 0 spiro atoms. The van der Waals surface area contributed by atoms with E-state index in [0.717, 1.165) is 18.5 Å². The maximum Gasteiger partial charge on any atom is 0.223 e. The first-order chi connectivity index (χ1) is 9.51. The van der Waals surface area contributed by atoms with Crippen LogP contribution in [0.15, 0.2) is 18.2 Å². The summed E-state index contributed by atoms with van der Waals surface area (Å²) >= 11 is 12.0. The molecule has 2 rings (SSSR count). The van der Waals surface area contributed by atoms with E-state index in [1.807, 2.05) is 11.0 Å². The molecule has 2 atom stereocenters. The summed E-state index contributed by atoms with van der Waals surface area (Å²) in [5.74, 6) is 0.618. The minimum atomic E-state index is 0.180. The van der Waals surface area contributed by atoms with Crippen LogP contribution in [0.1, 0.15) is 25.3 Å².